The molecule has 3 rings (SSSR count). The van der Waals surface area contributed by atoms with E-state index in [1.165, 1.54) is 16.9 Å². The maximum atomic E-state index is 10.6. The second-order valence-electron chi connectivity index (χ2n) is 6.08. The van der Waals surface area contributed by atoms with Crippen molar-refractivity contribution in [2.75, 3.05) is 0 Å². The summed E-state index contributed by atoms with van der Waals surface area (Å²) in [5, 5.41) is 19.2. The van der Waals surface area contributed by atoms with Crippen LogP contribution in [0, 0.1) is 3.95 Å². The molecular weight excluding hydrogens is 368 g/mol. The summed E-state index contributed by atoms with van der Waals surface area (Å²) in [4.78, 5) is 15.8. The Morgan fingerprint density at radius 3 is 2.92 bits per heavy atom. The van der Waals surface area contributed by atoms with E-state index in [0.717, 1.165) is 23.2 Å². The van der Waals surface area contributed by atoms with Gasteiger partial charge in [-0.25, -0.2) is 0 Å². The predicted molar refractivity (Wildman–Crippen MR) is 108 cm³/mol. The molecule has 0 unspecified atom stereocenters. The van der Waals surface area contributed by atoms with E-state index in [4.69, 9.17) is 17.3 Å². The number of benzene rings is 1. The molecule has 0 atom stereocenters. The molecule has 0 saturated heterocycles. The van der Waals surface area contributed by atoms with Crippen molar-refractivity contribution in [3.63, 3.8) is 0 Å². The minimum absolute atomic E-state index is 0.127. The van der Waals surface area contributed by atoms with Crippen molar-refractivity contribution in [2.45, 2.75) is 39.2 Å². The molecule has 1 aliphatic heterocycles. The Bertz CT molecular complexity index is 954. The third-order valence-electron chi connectivity index (χ3n) is 4.35. The molecule has 0 fully saturated rings. The molecule has 0 saturated carbocycles. The van der Waals surface area contributed by atoms with Gasteiger partial charge in [-0.3, -0.25) is 14.4 Å². The lowest BCUT2D eigenvalue weighted by atomic mass is 10.0. The van der Waals surface area contributed by atoms with Crippen molar-refractivity contribution < 1.29 is 15.0 Å². The van der Waals surface area contributed by atoms with Gasteiger partial charge < -0.3 is 10.2 Å². The Kier molecular flexibility index (Phi) is 5.68. The molecule has 0 amide bonds. The van der Waals surface area contributed by atoms with Gasteiger partial charge in [-0.15, -0.1) is 11.3 Å². The Balaban J connectivity index is 1.84. The van der Waals surface area contributed by atoms with Crippen molar-refractivity contribution in [3.05, 3.63) is 38.2 Å². The van der Waals surface area contributed by atoms with Crippen LogP contribution in [0.3, 0.4) is 0 Å². The second-order valence-corrected chi connectivity index (χ2v) is 7.76. The second kappa shape index (κ2) is 7.97. The maximum Gasteiger partial charge on any atom is 0.303 e. The van der Waals surface area contributed by atoms with E-state index in [1.54, 1.807) is 4.57 Å². The SMILES string of the molecule is CCc1cccc2c1N=C/C2=C\c1sc(=S)n(CCCCC(=O)O)c1O. The zero-order valence-corrected chi connectivity index (χ0v) is 16.1. The average molecular weight is 389 g/mol. The summed E-state index contributed by atoms with van der Waals surface area (Å²) in [7, 11) is 0. The average Bonchev–Trinajstić information content (AvgIpc) is 3.14. The predicted octanol–water partition coefficient (Wildman–Crippen LogP) is 5.06. The number of aromatic nitrogens is 1. The Morgan fingerprint density at radius 2 is 2.19 bits per heavy atom. The Hall–Kier alpha value is -2.25. The first-order chi connectivity index (χ1) is 12.5. The number of aliphatic imine (C=N–C) groups is 1. The first-order valence-electron chi connectivity index (χ1n) is 8.53. The first kappa shape index (κ1) is 18.5. The van der Waals surface area contributed by atoms with Gasteiger partial charge in [0.15, 0.2) is 3.95 Å². The highest BCUT2D eigenvalue weighted by molar-refractivity contribution is 7.73. The summed E-state index contributed by atoms with van der Waals surface area (Å²) in [6, 6.07) is 6.14. The molecule has 0 bridgehead atoms. The van der Waals surface area contributed by atoms with Crippen LogP contribution in [0.2, 0.25) is 0 Å². The number of carboxylic acids is 1. The van der Waals surface area contributed by atoms with E-state index in [2.05, 4.69) is 18.0 Å². The van der Waals surface area contributed by atoms with E-state index in [-0.39, 0.29) is 12.3 Å². The van der Waals surface area contributed by atoms with Gasteiger partial charge in [-0.2, -0.15) is 0 Å². The van der Waals surface area contributed by atoms with Gasteiger partial charge >= 0.3 is 5.97 Å². The Morgan fingerprint density at radius 1 is 1.38 bits per heavy atom. The van der Waals surface area contributed by atoms with Gasteiger partial charge in [0.1, 0.15) is 0 Å². The summed E-state index contributed by atoms with van der Waals surface area (Å²) in [6.45, 7) is 2.62. The number of aromatic hydroxyl groups is 1. The monoisotopic (exact) mass is 388 g/mol. The molecule has 26 heavy (non-hydrogen) atoms. The molecule has 7 heteroatoms. The molecule has 1 aliphatic rings. The van der Waals surface area contributed by atoms with Crippen molar-refractivity contribution in [3.8, 4) is 5.88 Å². The number of fused-ring (bicyclic) bond motifs is 1. The third-order valence-corrected chi connectivity index (χ3v) is 5.73. The minimum Gasteiger partial charge on any atom is -0.493 e. The van der Waals surface area contributed by atoms with Gasteiger partial charge in [0.25, 0.3) is 0 Å². The van der Waals surface area contributed by atoms with E-state index >= 15 is 0 Å². The van der Waals surface area contributed by atoms with Crippen LogP contribution in [-0.4, -0.2) is 27.0 Å². The summed E-state index contributed by atoms with van der Waals surface area (Å²) in [5.74, 6) is -0.671. The number of hydrogen-bond acceptors (Lipinski definition) is 5. The summed E-state index contributed by atoms with van der Waals surface area (Å²) in [6.07, 6.45) is 6.00. The number of carbonyl (C=O) groups is 1. The number of aliphatic carboxylic acids is 1. The van der Waals surface area contributed by atoms with Gasteiger partial charge in [0, 0.05) is 30.3 Å². The van der Waals surface area contributed by atoms with Crippen molar-refractivity contribution in [1.82, 2.24) is 4.57 Å². The lowest BCUT2D eigenvalue weighted by molar-refractivity contribution is -0.137. The smallest absolute Gasteiger partial charge is 0.303 e. The molecule has 2 N–H and O–H groups in total. The molecule has 0 aliphatic carbocycles. The fourth-order valence-corrected chi connectivity index (χ4v) is 4.28. The van der Waals surface area contributed by atoms with Crippen LogP contribution in [0.25, 0.3) is 11.6 Å². The minimum atomic E-state index is -0.806. The van der Waals surface area contributed by atoms with Crippen molar-refractivity contribution in [2.24, 2.45) is 4.99 Å². The number of aryl methyl sites for hydroxylation is 1. The van der Waals surface area contributed by atoms with Gasteiger partial charge in [-0.05, 0) is 43.1 Å². The molecule has 136 valence electrons. The van der Waals surface area contributed by atoms with Crippen LogP contribution in [0.15, 0.2) is 23.2 Å². The maximum absolute atomic E-state index is 10.6. The molecule has 5 nitrogen and oxygen atoms in total. The lowest BCUT2D eigenvalue weighted by Crippen LogP contribution is -2.00. The Labute approximate surface area is 161 Å². The van der Waals surface area contributed by atoms with Gasteiger partial charge in [-0.1, -0.05) is 25.1 Å². The van der Waals surface area contributed by atoms with Crippen LogP contribution >= 0.6 is 23.6 Å². The number of rotatable bonds is 7. The molecule has 1 aromatic heterocycles. The number of carboxylic acid groups (broad SMARTS) is 1. The quantitative estimate of drug-likeness (QED) is 0.514. The summed E-state index contributed by atoms with van der Waals surface area (Å²) < 4.78 is 2.26. The molecule has 1 aromatic carbocycles. The van der Waals surface area contributed by atoms with Crippen LogP contribution in [0.5, 0.6) is 5.88 Å². The number of thiazole rings is 1. The van der Waals surface area contributed by atoms with E-state index in [0.29, 0.717) is 28.2 Å². The summed E-state index contributed by atoms with van der Waals surface area (Å²) in [5.41, 5.74) is 4.23. The molecule has 0 radical (unpaired) electrons. The van der Waals surface area contributed by atoms with E-state index < -0.39 is 5.97 Å². The van der Waals surface area contributed by atoms with Gasteiger partial charge in [0.2, 0.25) is 5.88 Å². The number of hydrogen-bond donors (Lipinski definition) is 2. The van der Waals surface area contributed by atoms with Crippen molar-refractivity contribution in [1.29, 1.82) is 0 Å². The largest absolute Gasteiger partial charge is 0.493 e. The molecule has 0 spiro atoms. The topological polar surface area (TPSA) is 74.8 Å². The zero-order valence-electron chi connectivity index (χ0n) is 14.4. The van der Waals surface area contributed by atoms with Gasteiger partial charge in [0.05, 0.1) is 10.6 Å². The number of nitrogens with zero attached hydrogens (tertiary/aromatic N) is 2. The molecular formula is C19H20N2O3S2. The highest BCUT2D eigenvalue weighted by atomic mass is 32.1. The fraction of sp³-hybridized carbons (Fsp3) is 0.316. The van der Waals surface area contributed by atoms with Crippen LogP contribution in [0.1, 0.15) is 42.2 Å². The van der Waals surface area contributed by atoms with Crippen LogP contribution in [-0.2, 0) is 17.8 Å². The number of allylic oxidation sites excluding steroid dienone is 1. The fourth-order valence-electron chi connectivity index (χ4n) is 2.97. The standard InChI is InChI=1S/C19H20N2O3S2/c1-2-12-6-5-7-14-13(11-20-17(12)14)10-15-18(24)21(19(25)26-15)9-4-3-8-16(22)23/h5-7,10-11,24H,2-4,8-9H2,1H3,(H,22,23)/b13-10+. The lowest BCUT2D eigenvalue weighted by Gasteiger charge is -2.05. The van der Waals surface area contributed by atoms with Crippen LogP contribution in [0.4, 0.5) is 5.69 Å². The third kappa shape index (κ3) is 3.78. The zero-order chi connectivity index (χ0) is 18.7. The van der Waals surface area contributed by atoms with Crippen LogP contribution < -0.4 is 0 Å². The molecule has 2 heterocycles. The highest BCUT2D eigenvalue weighted by Gasteiger charge is 2.17. The summed E-state index contributed by atoms with van der Waals surface area (Å²) >= 11 is 6.71. The number of unbranched alkanes of at least 4 members (excludes halogenated alkanes) is 1. The highest BCUT2D eigenvalue weighted by Crippen LogP contribution is 2.38. The van der Waals surface area contributed by atoms with E-state index in [9.17, 15) is 9.90 Å². The van der Waals surface area contributed by atoms with E-state index in [1.807, 2.05) is 24.4 Å². The normalized spacial score (nSPS) is 14.1. The van der Waals surface area contributed by atoms with Crippen molar-refractivity contribution >= 4 is 53.1 Å². The molecule has 2 aromatic rings. The number of para-hydroxylation sites is 1. The first-order valence-corrected chi connectivity index (χ1v) is 9.76.